The Morgan fingerprint density at radius 2 is 1.89 bits per heavy atom. The SMILES string of the molecule is CCCC[C@@H](CC)C(=O)N1CCN(c2nc(Cc3ccccc3)ns2)CC1. The third kappa shape index (κ3) is 5.28. The second-order valence-electron chi connectivity index (χ2n) is 7.22. The largest absolute Gasteiger partial charge is 0.343 e. The number of aromatic nitrogens is 2. The molecule has 0 radical (unpaired) electrons. The molecule has 3 rings (SSSR count). The third-order valence-electron chi connectivity index (χ3n) is 5.27. The van der Waals surface area contributed by atoms with Crippen molar-refractivity contribution in [2.45, 2.75) is 46.0 Å². The molecule has 5 nitrogen and oxygen atoms in total. The number of nitrogens with zero attached hydrogens (tertiary/aromatic N) is 4. The first kappa shape index (κ1) is 19.8. The molecule has 1 aromatic heterocycles. The number of rotatable bonds is 8. The molecule has 0 aliphatic carbocycles. The molecule has 1 aliphatic rings. The van der Waals surface area contributed by atoms with Gasteiger partial charge in [-0.05, 0) is 18.4 Å². The van der Waals surface area contributed by atoms with E-state index >= 15 is 0 Å². The molecule has 1 fully saturated rings. The summed E-state index contributed by atoms with van der Waals surface area (Å²) in [4.78, 5) is 21.8. The molecule has 1 atom stereocenters. The number of carbonyl (C=O) groups is 1. The van der Waals surface area contributed by atoms with Crippen molar-refractivity contribution in [3.05, 3.63) is 41.7 Å². The first-order valence-electron chi connectivity index (χ1n) is 10.1. The first-order chi connectivity index (χ1) is 13.2. The second-order valence-corrected chi connectivity index (χ2v) is 7.95. The minimum atomic E-state index is 0.190. The Labute approximate surface area is 166 Å². The van der Waals surface area contributed by atoms with Crippen molar-refractivity contribution in [2.75, 3.05) is 31.1 Å². The van der Waals surface area contributed by atoms with Gasteiger partial charge in [-0.1, -0.05) is 57.0 Å². The zero-order chi connectivity index (χ0) is 19.1. The lowest BCUT2D eigenvalue weighted by Crippen LogP contribution is -2.50. The quantitative estimate of drug-likeness (QED) is 0.688. The topological polar surface area (TPSA) is 49.3 Å². The normalized spacial score (nSPS) is 15.8. The number of anilines is 1. The molecule has 0 spiro atoms. The van der Waals surface area contributed by atoms with E-state index in [9.17, 15) is 4.79 Å². The standard InChI is InChI=1S/C21H30N4OS/c1-3-5-11-18(4-2)20(26)24-12-14-25(15-13-24)21-22-19(23-27-21)16-17-9-7-6-8-10-17/h6-10,18H,3-5,11-16H2,1-2H3/t18-/m1/s1. The third-order valence-corrected chi connectivity index (χ3v) is 6.09. The predicted molar refractivity (Wildman–Crippen MR) is 111 cm³/mol. The van der Waals surface area contributed by atoms with E-state index < -0.39 is 0 Å². The van der Waals surface area contributed by atoms with E-state index in [2.05, 4.69) is 35.3 Å². The first-order valence-corrected chi connectivity index (χ1v) is 10.9. The van der Waals surface area contributed by atoms with Gasteiger partial charge >= 0.3 is 0 Å². The lowest BCUT2D eigenvalue weighted by molar-refractivity contribution is -0.136. The maximum atomic E-state index is 12.8. The second kappa shape index (κ2) is 9.83. The molecule has 0 unspecified atom stereocenters. The van der Waals surface area contributed by atoms with Crippen LogP contribution in [0.3, 0.4) is 0 Å². The zero-order valence-corrected chi connectivity index (χ0v) is 17.2. The lowest BCUT2D eigenvalue weighted by atomic mass is 9.97. The van der Waals surface area contributed by atoms with Crippen LogP contribution in [0.15, 0.2) is 30.3 Å². The van der Waals surface area contributed by atoms with E-state index in [4.69, 9.17) is 4.98 Å². The van der Waals surface area contributed by atoms with Gasteiger partial charge in [-0.15, -0.1) is 0 Å². The lowest BCUT2D eigenvalue weighted by Gasteiger charge is -2.36. The average Bonchev–Trinajstić information content (AvgIpc) is 3.18. The van der Waals surface area contributed by atoms with Crippen molar-refractivity contribution < 1.29 is 4.79 Å². The molecule has 1 amide bonds. The number of benzene rings is 1. The summed E-state index contributed by atoms with van der Waals surface area (Å²) in [6, 6.07) is 10.3. The maximum absolute atomic E-state index is 12.8. The fourth-order valence-electron chi connectivity index (χ4n) is 3.55. The van der Waals surface area contributed by atoms with Crippen LogP contribution in [0.5, 0.6) is 0 Å². The molecule has 1 aromatic carbocycles. The van der Waals surface area contributed by atoms with Crippen molar-refractivity contribution >= 4 is 22.6 Å². The highest BCUT2D eigenvalue weighted by atomic mass is 32.1. The Bertz CT molecular complexity index is 710. The van der Waals surface area contributed by atoms with Gasteiger partial charge in [0.2, 0.25) is 11.0 Å². The number of carbonyl (C=O) groups excluding carboxylic acids is 1. The van der Waals surface area contributed by atoms with Crippen LogP contribution in [0.25, 0.3) is 0 Å². The van der Waals surface area contributed by atoms with Crippen LogP contribution in [0.2, 0.25) is 0 Å². The van der Waals surface area contributed by atoms with Crippen LogP contribution in [-0.4, -0.2) is 46.3 Å². The molecule has 146 valence electrons. The highest BCUT2D eigenvalue weighted by molar-refractivity contribution is 7.09. The van der Waals surface area contributed by atoms with Crippen LogP contribution >= 0.6 is 11.5 Å². The highest BCUT2D eigenvalue weighted by Gasteiger charge is 2.27. The van der Waals surface area contributed by atoms with Gasteiger partial charge in [-0.2, -0.15) is 4.37 Å². The Morgan fingerprint density at radius 1 is 1.15 bits per heavy atom. The minimum Gasteiger partial charge on any atom is -0.343 e. The Balaban J connectivity index is 1.52. The molecule has 1 saturated heterocycles. The minimum absolute atomic E-state index is 0.190. The average molecular weight is 387 g/mol. The summed E-state index contributed by atoms with van der Waals surface area (Å²) in [7, 11) is 0. The van der Waals surface area contributed by atoms with E-state index in [0.717, 1.165) is 69.2 Å². The van der Waals surface area contributed by atoms with Gasteiger partial charge in [0.1, 0.15) is 5.82 Å². The van der Waals surface area contributed by atoms with Crippen molar-refractivity contribution in [1.82, 2.24) is 14.3 Å². The van der Waals surface area contributed by atoms with Crippen LogP contribution < -0.4 is 4.90 Å². The summed E-state index contributed by atoms with van der Waals surface area (Å²) >= 11 is 1.47. The summed E-state index contributed by atoms with van der Waals surface area (Å²) in [6.45, 7) is 7.57. The van der Waals surface area contributed by atoms with Crippen molar-refractivity contribution in [3.8, 4) is 0 Å². The van der Waals surface area contributed by atoms with Crippen LogP contribution in [0.1, 0.15) is 50.9 Å². The molecule has 6 heteroatoms. The van der Waals surface area contributed by atoms with E-state index in [1.54, 1.807) is 0 Å². The predicted octanol–water partition coefficient (Wildman–Crippen LogP) is 3.99. The summed E-state index contributed by atoms with van der Waals surface area (Å²) in [5.74, 6) is 1.41. The Kier molecular flexibility index (Phi) is 7.21. The highest BCUT2D eigenvalue weighted by Crippen LogP contribution is 2.22. The molecule has 0 bridgehead atoms. The summed E-state index contributed by atoms with van der Waals surface area (Å²) in [6.07, 6.45) is 5.02. The van der Waals surface area contributed by atoms with Crippen molar-refractivity contribution in [3.63, 3.8) is 0 Å². The van der Waals surface area contributed by atoms with Crippen molar-refractivity contribution in [1.29, 1.82) is 0 Å². The van der Waals surface area contributed by atoms with E-state index in [0.29, 0.717) is 5.91 Å². The summed E-state index contributed by atoms with van der Waals surface area (Å²) in [5, 5.41) is 0.978. The molecular weight excluding hydrogens is 356 g/mol. The molecule has 2 aromatic rings. The van der Waals surface area contributed by atoms with Crippen molar-refractivity contribution in [2.24, 2.45) is 5.92 Å². The molecule has 0 saturated carbocycles. The number of amides is 1. The van der Waals surface area contributed by atoms with Crippen LogP contribution in [0, 0.1) is 5.92 Å². The van der Waals surface area contributed by atoms with Gasteiger partial charge in [0.25, 0.3) is 0 Å². The maximum Gasteiger partial charge on any atom is 0.225 e. The number of hydrogen-bond donors (Lipinski definition) is 0. The molecule has 2 heterocycles. The fraction of sp³-hybridized carbons (Fsp3) is 0.571. The fourth-order valence-corrected chi connectivity index (χ4v) is 4.29. The van der Waals surface area contributed by atoms with E-state index in [1.165, 1.54) is 17.1 Å². The van der Waals surface area contributed by atoms with Crippen LogP contribution in [-0.2, 0) is 11.2 Å². The van der Waals surface area contributed by atoms with Gasteiger partial charge in [-0.25, -0.2) is 4.98 Å². The number of hydrogen-bond acceptors (Lipinski definition) is 5. The smallest absolute Gasteiger partial charge is 0.225 e. The van der Waals surface area contributed by atoms with Gasteiger partial charge in [0.05, 0.1) is 0 Å². The van der Waals surface area contributed by atoms with Gasteiger partial charge in [-0.3, -0.25) is 4.79 Å². The molecule has 1 aliphatic heterocycles. The van der Waals surface area contributed by atoms with Gasteiger partial charge < -0.3 is 9.80 Å². The molecule has 27 heavy (non-hydrogen) atoms. The monoisotopic (exact) mass is 386 g/mol. The molecular formula is C21H30N4OS. The summed E-state index contributed by atoms with van der Waals surface area (Å²) < 4.78 is 4.52. The van der Waals surface area contributed by atoms with Crippen LogP contribution in [0.4, 0.5) is 5.13 Å². The van der Waals surface area contributed by atoms with Gasteiger partial charge in [0.15, 0.2) is 0 Å². The molecule has 0 N–H and O–H groups in total. The van der Waals surface area contributed by atoms with E-state index in [-0.39, 0.29) is 5.92 Å². The van der Waals surface area contributed by atoms with E-state index in [1.807, 2.05) is 23.1 Å². The van der Waals surface area contributed by atoms with Gasteiger partial charge in [0, 0.05) is 50.1 Å². The number of unbranched alkanes of at least 4 members (excludes halogenated alkanes) is 1. The summed E-state index contributed by atoms with van der Waals surface area (Å²) in [5.41, 5.74) is 1.23. The zero-order valence-electron chi connectivity index (χ0n) is 16.4. The Hall–Kier alpha value is -1.95. The Morgan fingerprint density at radius 3 is 2.56 bits per heavy atom. The number of piperazine rings is 1.